The van der Waals surface area contributed by atoms with Crippen LogP contribution < -0.4 is 0 Å². The molecule has 20 heavy (non-hydrogen) atoms. The van der Waals surface area contributed by atoms with E-state index in [0.717, 1.165) is 0 Å². The molecule has 0 spiro atoms. The van der Waals surface area contributed by atoms with Gasteiger partial charge in [-0.1, -0.05) is 59.2 Å². The Kier molecular flexibility index (Phi) is 4.12. The van der Waals surface area contributed by atoms with Crippen LogP contribution in [0.5, 0.6) is 0 Å². The van der Waals surface area contributed by atoms with Crippen molar-refractivity contribution in [3.63, 3.8) is 0 Å². The van der Waals surface area contributed by atoms with E-state index in [1.54, 1.807) is 0 Å². The Labute approximate surface area is 142 Å². The van der Waals surface area contributed by atoms with Gasteiger partial charge in [0.2, 0.25) is 0 Å². The maximum Gasteiger partial charge on any atom is 0.0701 e. The average Bonchev–Trinajstić information content (AvgIpc) is 3.22. The lowest BCUT2D eigenvalue weighted by atomic mass is 10.5. The first-order chi connectivity index (χ1) is 9.90. The van der Waals surface area contributed by atoms with Crippen LogP contribution in [0.3, 0.4) is 0 Å². The Morgan fingerprint density at radius 2 is 1.15 bits per heavy atom. The summed E-state index contributed by atoms with van der Waals surface area (Å²) < 4.78 is 2.84. The average molecular weight is 369 g/mol. The molecule has 0 nitrogen and oxygen atoms in total. The zero-order valence-electron chi connectivity index (χ0n) is 10.1. The molecule has 0 bridgehead atoms. The van der Waals surface area contributed by atoms with E-state index in [2.05, 4.69) is 45.8 Å². The van der Waals surface area contributed by atoms with Crippen LogP contribution in [0.15, 0.2) is 54.3 Å². The van der Waals surface area contributed by atoms with Gasteiger partial charge < -0.3 is 0 Å². The van der Waals surface area contributed by atoms with E-state index in [1.807, 2.05) is 69.7 Å². The molecule has 0 N–H and O–H groups in total. The van der Waals surface area contributed by atoms with Gasteiger partial charge in [0.05, 0.1) is 8.47 Å². The van der Waals surface area contributed by atoms with Gasteiger partial charge in [-0.05, 0) is 33.7 Å². The first-order valence-corrected chi connectivity index (χ1v) is 11.0. The van der Waals surface area contributed by atoms with Gasteiger partial charge in [-0.2, -0.15) is 0 Å². The normalized spacial score (nSPS) is 22.2. The van der Waals surface area contributed by atoms with E-state index in [0.29, 0.717) is 0 Å². The Morgan fingerprint density at radius 1 is 0.650 bits per heavy atom. The van der Waals surface area contributed by atoms with E-state index in [4.69, 9.17) is 0 Å². The molecule has 2 aliphatic rings. The summed E-state index contributed by atoms with van der Waals surface area (Å²) in [6, 6.07) is 8.63. The standard InChI is InChI=1S/C14H8S6/c1-3-9(15-5-1)11-7-17-13(19-11)14-18-8-12(20-14)10-4-2-6-16-10/h1-8H/b14-13-. The molecule has 2 aromatic rings. The summed E-state index contributed by atoms with van der Waals surface area (Å²) in [6.07, 6.45) is 0. The van der Waals surface area contributed by atoms with Crippen LogP contribution >= 0.6 is 69.7 Å². The van der Waals surface area contributed by atoms with Gasteiger partial charge in [-0.15, -0.1) is 22.7 Å². The Hall–Kier alpha value is 0.0200. The molecule has 0 aliphatic carbocycles. The maximum absolute atomic E-state index is 2.28. The summed E-state index contributed by atoms with van der Waals surface area (Å²) in [5.74, 6) is 0. The lowest BCUT2D eigenvalue weighted by Crippen LogP contribution is -1.70. The molecule has 0 aromatic carbocycles. The molecule has 0 atom stereocenters. The molecule has 6 heteroatoms. The van der Waals surface area contributed by atoms with Gasteiger partial charge in [0.25, 0.3) is 0 Å². The Bertz CT molecular complexity index is 641. The van der Waals surface area contributed by atoms with Crippen molar-refractivity contribution in [2.24, 2.45) is 0 Å². The van der Waals surface area contributed by atoms with Crippen molar-refractivity contribution in [1.82, 2.24) is 0 Å². The predicted octanol–water partition coefficient (Wildman–Crippen LogP) is 7.19. The van der Waals surface area contributed by atoms with Crippen LogP contribution in [0.25, 0.3) is 9.81 Å². The topological polar surface area (TPSA) is 0 Å². The SMILES string of the molecule is C1=C(c2cccs2)S/C(=C2/SC=C(c3cccs3)S2)S1. The van der Waals surface area contributed by atoms with Crippen molar-refractivity contribution in [2.75, 3.05) is 0 Å². The van der Waals surface area contributed by atoms with Crippen molar-refractivity contribution in [3.8, 4) is 0 Å². The second kappa shape index (κ2) is 6.02. The second-order valence-electron chi connectivity index (χ2n) is 3.93. The maximum atomic E-state index is 2.28. The van der Waals surface area contributed by atoms with Crippen LogP contribution in [0.2, 0.25) is 0 Å². The molecule has 0 radical (unpaired) electrons. The van der Waals surface area contributed by atoms with Gasteiger partial charge in [0.1, 0.15) is 0 Å². The number of hydrogen-bond donors (Lipinski definition) is 0. The Morgan fingerprint density at radius 3 is 1.55 bits per heavy atom. The van der Waals surface area contributed by atoms with Crippen molar-refractivity contribution < 1.29 is 0 Å². The molecule has 2 aromatic heterocycles. The zero-order chi connectivity index (χ0) is 13.4. The van der Waals surface area contributed by atoms with Crippen LogP contribution in [0.1, 0.15) is 9.75 Å². The summed E-state index contributed by atoms with van der Waals surface area (Å²) >= 11 is 11.2. The van der Waals surface area contributed by atoms with E-state index in [1.165, 1.54) is 28.0 Å². The van der Waals surface area contributed by atoms with E-state index in [-0.39, 0.29) is 0 Å². The molecule has 2 aliphatic heterocycles. The fourth-order valence-electron chi connectivity index (χ4n) is 1.74. The molecule has 0 saturated carbocycles. The highest BCUT2D eigenvalue weighted by Crippen LogP contribution is 2.59. The van der Waals surface area contributed by atoms with Gasteiger partial charge >= 0.3 is 0 Å². The second-order valence-corrected chi connectivity index (χ2v) is 10.2. The Balaban J connectivity index is 1.51. The molecular weight excluding hydrogens is 361 g/mol. The van der Waals surface area contributed by atoms with Crippen LogP contribution in [0.4, 0.5) is 0 Å². The molecule has 4 heterocycles. The lowest BCUT2D eigenvalue weighted by Gasteiger charge is -2.02. The highest BCUT2D eigenvalue weighted by molar-refractivity contribution is 8.36. The monoisotopic (exact) mass is 368 g/mol. The quantitative estimate of drug-likeness (QED) is 0.549. The highest BCUT2D eigenvalue weighted by Gasteiger charge is 2.23. The molecule has 0 saturated heterocycles. The molecule has 100 valence electrons. The van der Waals surface area contributed by atoms with Gasteiger partial charge in [-0.3, -0.25) is 0 Å². The largest absolute Gasteiger partial charge is 0.143 e. The summed E-state index contributed by atoms with van der Waals surface area (Å²) in [5.41, 5.74) is 0. The van der Waals surface area contributed by atoms with Gasteiger partial charge in [-0.25, -0.2) is 0 Å². The molecular formula is C14H8S6. The van der Waals surface area contributed by atoms with Crippen LogP contribution in [-0.2, 0) is 0 Å². The molecule has 0 fully saturated rings. The smallest absolute Gasteiger partial charge is 0.0701 e. The van der Waals surface area contributed by atoms with Gasteiger partial charge in [0.15, 0.2) is 0 Å². The molecule has 4 rings (SSSR count). The fourth-order valence-corrected chi connectivity index (χ4v) is 8.44. The van der Waals surface area contributed by atoms with Crippen molar-refractivity contribution >= 4 is 79.5 Å². The summed E-state index contributed by atoms with van der Waals surface area (Å²) in [7, 11) is 0. The molecule has 0 unspecified atom stereocenters. The number of thiophene rings is 2. The summed E-state index contributed by atoms with van der Waals surface area (Å²) in [5, 5.41) is 8.84. The number of rotatable bonds is 2. The lowest BCUT2D eigenvalue weighted by molar-refractivity contribution is 1.95. The van der Waals surface area contributed by atoms with Crippen molar-refractivity contribution in [2.45, 2.75) is 0 Å². The minimum atomic E-state index is 1.37. The fraction of sp³-hybridized carbons (Fsp3) is 0. The van der Waals surface area contributed by atoms with Crippen LogP contribution in [0, 0.1) is 0 Å². The summed E-state index contributed by atoms with van der Waals surface area (Å²) in [4.78, 5) is 5.52. The van der Waals surface area contributed by atoms with Crippen molar-refractivity contribution in [3.05, 3.63) is 64.1 Å². The number of hydrogen-bond acceptors (Lipinski definition) is 6. The van der Waals surface area contributed by atoms with E-state index < -0.39 is 0 Å². The zero-order valence-corrected chi connectivity index (χ0v) is 15.0. The first-order valence-electron chi connectivity index (χ1n) is 5.81. The van der Waals surface area contributed by atoms with E-state index >= 15 is 0 Å². The minimum Gasteiger partial charge on any atom is -0.143 e. The highest BCUT2D eigenvalue weighted by atomic mass is 32.2. The van der Waals surface area contributed by atoms with E-state index in [9.17, 15) is 0 Å². The predicted molar refractivity (Wildman–Crippen MR) is 102 cm³/mol. The van der Waals surface area contributed by atoms with Crippen LogP contribution in [-0.4, -0.2) is 0 Å². The minimum absolute atomic E-state index is 1.37. The molecule has 0 amide bonds. The summed E-state index contributed by atoms with van der Waals surface area (Å²) in [6.45, 7) is 0. The number of thioether (sulfide) groups is 4. The third-order valence-electron chi connectivity index (χ3n) is 2.65. The van der Waals surface area contributed by atoms with Gasteiger partial charge in [0, 0.05) is 19.6 Å². The first kappa shape index (κ1) is 13.7. The third kappa shape index (κ3) is 2.69. The van der Waals surface area contributed by atoms with Crippen molar-refractivity contribution in [1.29, 1.82) is 0 Å². The third-order valence-corrected chi connectivity index (χ3v) is 10.0.